The van der Waals surface area contributed by atoms with Gasteiger partial charge in [-0.05, 0) is 61.9 Å². The van der Waals surface area contributed by atoms with E-state index in [0.29, 0.717) is 22.0 Å². The molecule has 2 aromatic heterocycles. The van der Waals surface area contributed by atoms with Gasteiger partial charge in [-0.3, -0.25) is 19.1 Å². The van der Waals surface area contributed by atoms with Gasteiger partial charge in [0.25, 0.3) is 5.91 Å². The number of benzene rings is 1. The number of amides is 1. The quantitative estimate of drug-likeness (QED) is 0.635. The van der Waals surface area contributed by atoms with Crippen LogP contribution in [0.2, 0.25) is 5.02 Å². The first kappa shape index (κ1) is 19.8. The Kier molecular flexibility index (Phi) is 4.59. The van der Waals surface area contributed by atoms with Crippen LogP contribution in [0.25, 0.3) is 5.65 Å². The largest absolute Gasteiger partial charge is 0.401 e. The number of pyridine rings is 1. The molecule has 31 heavy (non-hydrogen) atoms. The summed E-state index contributed by atoms with van der Waals surface area (Å²) in [5.41, 5.74) is 11.7. The molecule has 0 unspecified atom stereocenters. The van der Waals surface area contributed by atoms with Crippen molar-refractivity contribution in [3.63, 3.8) is 0 Å². The maximum atomic E-state index is 13.8. The van der Waals surface area contributed by atoms with Gasteiger partial charge in [-0.1, -0.05) is 23.7 Å². The molecule has 1 aliphatic heterocycles. The molecule has 7 nitrogen and oxygen atoms in total. The van der Waals surface area contributed by atoms with Crippen molar-refractivity contribution in [3.8, 4) is 0 Å². The van der Waals surface area contributed by atoms with Crippen LogP contribution in [-0.4, -0.2) is 33.3 Å². The van der Waals surface area contributed by atoms with Crippen molar-refractivity contribution in [2.75, 3.05) is 11.9 Å². The molecule has 1 amide bonds. The predicted molar refractivity (Wildman–Crippen MR) is 121 cm³/mol. The molecule has 1 aromatic carbocycles. The van der Waals surface area contributed by atoms with Gasteiger partial charge in [0.2, 0.25) is 0 Å². The summed E-state index contributed by atoms with van der Waals surface area (Å²) in [7, 11) is 1.72. The zero-order chi connectivity index (χ0) is 21.9. The van der Waals surface area contributed by atoms with Crippen LogP contribution in [0.15, 0.2) is 52.8 Å². The summed E-state index contributed by atoms with van der Waals surface area (Å²) in [6.07, 6.45) is 3.92. The minimum absolute atomic E-state index is 0.130. The van der Waals surface area contributed by atoms with Gasteiger partial charge >= 0.3 is 0 Å². The molecular formula is C23H23ClN6O. The topological polar surface area (TPSA) is 88.9 Å². The Hall–Kier alpha value is -3.19. The number of nitrogens with zero attached hydrogens (tertiary/aromatic N) is 5. The molecule has 1 saturated carbocycles. The fourth-order valence-corrected chi connectivity index (χ4v) is 4.43. The Morgan fingerprint density at radius 2 is 1.90 bits per heavy atom. The lowest BCUT2D eigenvalue weighted by Crippen LogP contribution is -2.29. The maximum absolute atomic E-state index is 13.8. The van der Waals surface area contributed by atoms with E-state index in [-0.39, 0.29) is 11.8 Å². The van der Waals surface area contributed by atoms with E-state index >= 15 is 0 Å². The second kappa shape index (κ2) is 7.20. The molecule has 0 bridgehead atoms. The molecule has 158 valence electrons. The van der Waals surface area contributed by atoms with E-state index in [1.807, 2.05) is 54.8 Å². The van der Waals surface area contributed by atoms with Gasteiger partial charge in [0.1, 0.15) is 11.9 Å². The molecule has 3 heterocycles. The van der Waals surface area contributed by atoms with Crippen molar-refractivity contribution in [2.45, 2.75) is 32.7 Å². The van der Waals surface area contributed by atoms with Crippen molar-refractivity contribution in [1.82, 2.24) is 14.6 Å². The number of fused-ring (bicyclic) bond motifs is 1. The highest BCUT2D eigenvalue weighted by Gasteiger charge is 2.46. The number of hydrogen-bond acceptors (Lipinski definition) is 5. The van der Waals surface area contributed by atoms with E-state index in [9.17, 15) is 4.79 Å². The monoisotopic (exact) mass is 434 g/mol. The van der Waals surface area contributed by atoms with Gasteiger partial charge in [-0.25, -0.2) is 0 Å². The predicted octanol–water partition coefficient (Wildman–Crippen LogP) is 3.78. The third-order valence-electron chi connectivity index (χ3n) is 6.06. The van der Waals surface area contributed by atoms with E-state index in [4.69, 9.17) is 17.3 Å². The van der Waals surface area contributed by atoms with Gasteiger partial charge in [-0.2, -0.15) is 0 Å². The van der Waals surface area contributed by atoms with E-state index in [0.717, 1.165) is 41.1 Å². The van der Waals surface area contributed by atoms with Crippen molar-refractivity contribution >= 4 is 34.6 Å². The molecule has 2 aliphatic rings. The average molecular weight is 435 g/mol. The van der Waals surface area contributed by atoms with Crippen molar-refractivity contribution in [3.05, 3.63) is 69.8 Å². The third-order valence-corrected chi connectivity index (χ3v) is 6.31. The normalized spacial score (nSPS) is 22.1. The summed E-state index contributed by atoms with van der Waals surface area (Å²) < 4.78 is 1.91. The number of halogens is 1. The molecule has 3 aromatic rings. The van der Waals surface area contributed by atoms with Gasteiger partial charge < -0.3 is 5.73 Å². The Bertz CT molecular complexity index is 1270. The summed E-state index contributed by atoms with van der Waals surface area (Å²) in [5, 5.41) is 9.06. The fraction of sp³-hybridized carbons (Fsp3) is 0.304. The number of aromatic nitrogens is 3. The Morgan fingerprint density at radius 1 is 1.19 bits per heavy atom. The number of aryl methyl sites for hydroxylation is 2. The highest BCUT2D eigenvalue weighted by atomic mass is 35.5. The standard InChI is InChI=1S/C23H23ClN6O/c1-12-10-17(11-29-13(2)27-28-22(12)29)30-21(15-6-8-16(24)9-7-15)20(26-3)18(23(30)31)19(25)14-4-5-14/h6-11,14,21H,4-5,25H2,1-3H3/b19-18+,26-20?/t21-/m1/s1. The lowest BCUT2D eigenvalue weighted by molar-refractivity contribution is -0.114. The van der Waals surface area contributed by atoms with Gasteiger partial charge in [-0.15, -0.1) is 10.2 Å². The smallest absolute Gasteiger partial charge is 0.262 e. The van der Waals surface area contributed by atoms with Gasteiger partial charge in [0.05, 0.1) is 17.0 Å². The number of anilines is 1. The number of hydrogen-bond donors (Lipinski definition) is 1. The Morgan fingerprint density at radius 3 is 2.55 bits per heavy atom. The van der Waals surface area contributed by atoms with Crippen molar-refractivity contribution < 1.29 is 4.79 Å². The molecule has 1 saturated heterocycles. The van der Waals surface area contributed by atoms with E-state index < -0.39 is 6.04 Å². The fourth-order valence-electron chi connectivity index (χ4n) is 4.31. The van der Waals surface area contributed by atoms with Crippen LogP contribution in [0.4, 0.5) is 5.69 Å². The summed E-state index contributed by atoms with van der Waals surface area (Å²) >= 11 is 6.13. The molecule has 2 fully saturated rings. The Labute approximate surface area is 185 Å². The van der Waals surface area contributed by atoms with Crippen LogP contribution >= 0.6 is 11.6 Å². The molecule has 5 rings (SSSR count). The highest BCUT2D eigenvalue weighted by Crippen LogP contribution is 2.43. The van der Waals surface area contributed by atoms with Crippen LogP contribution in [0.5, 0.6) is 0 Å². The van der Waals surface area contributed by atoms with Crippen molar-refractivity contribution in [1.29, 1.82) is 0 Å². The maximum Gasteiger partial charge on any atom is 0.262 e. The number of allylic oxidation sites excluding steroid dienone is 1. The first-order chi connectivity index (χ1) is 14.9. The first-order valence-electron chi connectivity index (χ1n) is 10.3. The van der Waals surface area contributed by atoms with E-state index in [2.05, 4.69) is 15.2 Å². The molecular weight excluding hydrogens is 412 g/mol. The zero-order valence-electron chi connectivity index (χ0n) is 17.6. The van der Waals surface area contributed by atoms with Gasteiger partial charge in [0.15, 0.2) is 5.65 Å². The van der Waals surface area contributed by atoms with Crippen LogP contribution in [0.1, 0.15) is 35.8 Å². The zero-order valence-corrected chi connectivity index (χ0v) is 18.4. The highest BCUT2D eigenvalue weighted by molar-refractivity contribution is 6.35. The minimum atomic E-state index is -0.393. The minimum Gasteiger partial charge on any atom is -0.401 e. The first-order valence-corrected chi connectivity index (χ1v) is 10.7. The van der Waals surface area contributed by atoms with Crippen LogP contribution in [0, 0.1) is 19.8 Å². The van der Waals surface area contributed by atoms with E-state index in [1.54, 1.807) is 11.9 Å². The van der Waals surface area contributed by atoms with Crippen LogP contribution < -0.4 is 10.6 Å². The van der Waals surface area contributed by atoms with Crippen LogP contribution in [-0.2, 0) is 4.79 Å². The molecule has 0 spiro atoms. The SMILES string of the molecule is CN=C1/C(=C(\N)C2CC2)C(=O)N(c2cc(C)c3nnc(C)n3c2)[C@@H]1c1ccc(Cl)cc1. The third kappa shape index (κ3) is 3.11. The number of carbonyl (C=O) groups excluding carboxylic acids is 1. The second-order valence-electron chi connectivity index (χ2n) is 8.16. The van der Waals surface area contributed by atoms with Crippen LogP contribution in [0.3, 0.4) is 0 Å². The number of nitrogens with two attached hydrogens (primary N) is 1. The van der Waals surface area contributed by atoms with E-state index in [1.165, 1.54) is 0 Å². The Balaban J connectivity index is 1.75. The molecule has 0 radical (unpaired) electrons. The molecule has 2 N–H and O–H groups in total. The lowest BCUT2D eigenvalue weighted by atomic mass is 9.98. The van der Waals surface area contributed by atoms with Gasteiger partial charge in [0, 0.05) is 24.0 Å². The average Bonchev–Trinajstić information content (AvgIpc) is 3.48. The second-order valence-corrected chi connectivity index (χ2v) is 8.60. The molecule has 8 heteroatoms. The summed E-state index contributed by atoms with van der Waals surface area (Å²) in [5.74, 6) is 0.882. The molecule has 1 atom stereocenters. The number of rotatable bonds is 3. The lowest BCUT2D eigenvalue weighted by Gasteiger charge is -2.25. The van der Waals surface area contributed by atoms with Crippen molar-refractivity contribution in [2.24, 2.45) is 16.6 Å². The summed E-state index contributed by atoms with van der Waals surface area (Å²) in [4.78, 5) is 20.1. The number of carbonyl (C=O) groups is 1. The summed E-state index contributed by atoms with van der Waals surface area (Å²) in [6, 6.07) is 9.10. The molecule has 1 aliphatic carbocycles. The number of aliphatic imine (C=N–C) groups is 1. The summed E-state index contributed by atoms with van der Waals surface area (Å²) in [6.45, 7) is 3.86.